The van der Waals surface area contributed by atoms with Crippen molar-refractivity contribution in [3.8, 4) is 0 Å². The number of halogens is 2. The predicted octanol–water partition coefficient (Wildman–Crippen LogP) is 5.58. The number of aromatic nitrogens is 1. The molecule has 2 aromatic carbocycles. The minimum absolute atomic E-state index is 0. The molecule has 0 spiro atoms. The van der Waals surface area contributed by atoms with Crippen molar-refractivity contribution in [2.75, 3.05) is 5.75 Å². The Labute approximate surface area is 288 Å². The molecular formula is C33H34Cl2NNaO3S2. The second kappa shape index (κ2) is 16.1. The number of hydrogen-bond donors (Lipinski definition) is 1. The van der Waals surface area contributed by atoms with E-state index in [1.807, 2.05) is 38.1 Å². The molecule has 1 aliphatic carbocycles. The van der Waals surface area contributed by atoms with Crippen molar-refractivity contribution in [2.24, 2.45) is 5.92 Å². The van der Waals surface area contributed by atoms with Gasteiger partial charge in [0.25, 0.3) is 0 Å². The van der Waals surface area contributed by atoms with Gasteiger partial charge in [0.15, 0.2) is 0 Å². The molecule has 216 valence electrons. The Kier molecular flexibility index (Phi) is 13.5. The van der Waals surface area contributed by atoms with Crippen molar-refractivity contribution in [2.45, 2.75) is 57.3 Å². The van der Waals surface area contributed by atoms with Crippen LogP contribution in [0.1, 0.15) is 73.2 Å². The number of rotatable bonds is 10. The third-order valence-electron chi connectivity index (χ3n) is 6.77. The number of thiophene rings is 1. The molecule has 1 saturated carbocycles. The Bertz CT molecular complexity index is 1530. The summed E-state index contributed by atoms with van der Waals surface area (Å²) in [5.74, 6) is 1.00. The van der Waals surface area contributed by atoms with Crippen LogP contribution in [0.25, 0.3) is 22.4 Å². The fourth-order valence-corrected chi connectivity index (χ4v) is 7.45. The van der Waals surface area contributed by atoms with Crippen molar-refractivity contribution >= 4 is 74.6 Å². The Morgan fingerprint density at radius 3 is 2.55 bits per heavy atom. The molecule has 5 rings (SSSR count). The molecule has 1 aliphatic rings. The van der Waals surface area contributed by atoms with Crippen LogP contribution < -0.4 is 34.7 Å². The minimum atomic E-state index is -1.08. The van der Waals surface area contributed by atoms with Crippen molar-refractivity contribution in [3.05, 3.63) is 98.0 Å². The maximum Gasteiger partial charge on any atom is 1.00 e. The summed E-state index contributed by atoms with van der Waals surface area (Å²) in [5, 5.41) is 20.5. The number of hydrogen-bond acceptors (Lipinski definition) is 6. The third-order valence-corrected chi connectivity index (χ3v) is 10.3. The van der Waals surface area contributed by atoms with Gasteiger partial charge in [-0.25, -0.2) is 4.98 Å². The zero-order valence-corrected chi connectivity index (χ0v) is 29.5. The van der Waals surface area contributed by atoms with Gasteiger partial charge in [-0.2, -0.15) is 11.8 Å². The van der Waals surface area contributed by atoms with Crippen LogP contribution in [-0.4, -0.2) is 21.8 Å². The quantitative estimate of drug-likeness (QED) is 0.227. The van der Waals surface area contributed by atoms with Crippen LogP contribution in [0.4, 0.5) is 0 Å². The van der Waals surface area contributed by atoms with Gasteiger partial charge in [0.1, 0.15) is 9.85 Å². The van der Waals surface area contributed by atoms with E-state index in [9.17, 15) is 5.11 Å². The van der Waals surface area contributed by atoms with E-state index in [1.54, 1.807) is 0 Å². The molecule has 1 fully saturated rings. The van der Waals surface area contributed by atoms with E-state index in [4.69, 9.17) is 38.1 Å². The summed E-state index contributed by atoms with van der Waals surface area (Å²) in [6.07, 6.45) is 8.85. The van der Waals surface area contributed by atoms with Gasteiger partial charge in [-0.15, -0.1) is 11.3 Å². The minimum Gasteiger partial charge on any atom is -0.550 e. The first-order valence-corrected chi connectivity index (χ1v) is 16.3. The van der Waals surface area contributed by atoms with Gasteiger partial charge in [0.2, 0.25) is 0 Å². The summed E-state index contributed by atoms with van der Waals surface area (Å²) in [6.45, 7) is 4.71. The number of thioether (sulfide) groups is 1. The smallest absolute Gasteiger partial charge is 0.550 e. The van der Waals surface area contributed by atoms with Gasteiger partial charge in [-0.1, -0.05) is 77.8 Å². The molecule has 0 unspecified atom stereocenters. The third kappa shape index (κ3) is 10.4. The first-order valence-electron chi connectivity index (χ1n) is 13.6. The SMILES string of the molecule is CC(=O)[O-].CC(C)(O)c1ccccc1CC[C@@H](SCC1CC1)c1cccc(C=Cc2ccc3sc(Cl)c(Cl)c3n2)c1.[Na+]. The van der Waals surface area contributed by atoms with Crippen LogP contribution in [0, 0.1) is 5.92 Å². The number of carbonyl (C=O) groups is 1. The molecular weight excluding hydrogens is 616 g/mol. The van der Waals surface area contributed by atoms with Gasteiger partial charge in [0, 0.05) is 11.2 Å². The van der Waals surface area contributed by atoms with Gasteiger partial charge < -0.3 is 15.0 Å². The summed E-state index contributed by atoms with van der Waals surface area (Å²) in [7, 11) is 0. The Morgan fingerprint density at radius 1 is 1.14 bits per heavy atom. The number of carboxylic acid groups (broad SMARTS) is 1. The van der Waals surface area contributed by atoms with Crippen LogP contribution in [0.5, 0.6) is 0 Å². The molecule has 0 saturated heterocycles. The summed E-state index contributed by atoms with van der Waals surface area (Å²) < 4.78 is 1.58. The summed E-state index contributed by atoms with van der Waals surface area (Å²) in [5.41, 5.74) is 5.54. The maximum absolute atomic E-state index is 10.7. The summed E-state index contributed by atoms with van der Waals surface area (Å²) in [4.78, 5) is 13.6. The molecule has 0 radical (unpaired) electrons. The van der Waals surface area contributed by atoms with E-state index in [-0.39, 0.29) is 29.6 Å². The van der Waals surface area contributed by atoms with Crippen LogP contribution in [-0.2, 0) is 16.8 Å². The number of aliphatic carboxylic acids is 1. The molecule has 0 bridgehead atoms. The topological polar surface area (TPSA) is 73.2 Å². The zero-order chi connectivity index (χ0) is 29.6. The molecule has 4 aromatic rings. The second-order valence-electron chi connectivity index (χ2n) is 10.8. The molecule has 1 atom stereocenters. The van der Waals surface area contributed by atoms with Crippen LogP contribution >= 0.6 is 46.3 Å². The fourth-order valence-electron chi connectivity index (χ4n) is 4.58. The van der Waals surface area contributed by atoms with Gasteiger partial charge in [-0.3, -0.25) is 0 Å². The Balaban J connectivity index is 0.000000911. The number of benzene rings is 2. The molecule has 0 aliphatic heterocycles. The number of carbonyl (C=O) groups excluding carboxylic acids is 1. The fraction of sp³-hybridized carbons (Fsp3) is 0.333. The number of carboxylic acids is 1. The van der Waals surface area contributed by atoms with Gasteiger partial charge in [0.05, 0.1) is 21.0 Å². The standard InChI is InChI=1S/C31H31Cl2NOS2.C2H4O2.Na/c1-31(2,35)25-9-4-3-7-22(25)13-16-26(36-19-21-10-11-21)23-8-5-6-20(18-23)12-14-24-15-17-27-29(34-24)28(32)30(33)37-27;1-2(3)4;/h3-9,12,14-15,17-18,21,26,35H,10-11,13,16,19H2,1-2H3;1H3,(H,3,4);/q;;+1/p-1/t26-;;/m1../s1. The van der Waals surface area contributed by atoms with Crippen molar-refractivity contribution < 1.29 is 44.6 Å². The van der Waals surface area contributed by atoms with E-state index >= 15 is 0 Å². The number of pyridine rings is 1. The van der Waals surface area contributed by atoms with E-state index in [0.717, 1.165) is 52.7 Å². The van der Waals surface area contributed by atoms with E-state index in [2.05, 4.69) is 60.3 Å². The zero-order valence-electron chi connectivity index (χ0n) is 24.4. The first kappa shape index (κ1) is 35.1. The predicted molar refractivity (Wildman–Crippen MR) is 174 cm³/mol. The largest absolute Gasteiger partial charge is 1.00 e. The van der Waals surface area contributed by atoms with Crippen molar-refractivity contribution in [3.63, 3.8) is 0 Å². The average Bonchev–Trinajstić information content (AvgIpc) is 3.71. The summed E-state index contributed by atoms with van der Waals surface area (Å²) >= 11 is 16.0. The number of nitrogens with zero attached hydrogens (tertiary/aromatic N) is 1. The average molecular weight is 651 g/mol. The van der Waals surface area contributed by atoms with Crippen LogP contribution in [0.2, 0.25) is 9.36 Å². The first-order chi connectivity index (χ1) is 19.5. The number of fused-ring (bicyclic) bond motifs is 1. The maximum atomic E-state index is 10.7. The van der Waals surface area contributed by atoms with Crippen molar-refractivity contribution in [1.82, 2.24) is 4.98 Å². The van der Waals surface area contributed by atoms with Gasteiger partial charge >= 0.3 is 29.6 Å². The summed E-state index contributed by atoms with van der Waals surface area (Å²) in [6, 6.07) is 21.2. The molecule has 2 heterocycles. The van der Waals surface area contributed by atoms with Gasteiger partial charge in [-0.05, 0) is 98.6 Å². The Hall–Kier alpha value is -1.35. The normalized spacial score (nSPS) is 13.9. The number of aliphatic hydroxyl groups is 1. The molecule has 0 amide bonds. The second-order valence-corrected chi connectivity index (χ2v) is 14.1. The Morgan fingerprint density at radius 2 is 1.86 bits per heavy atom. The van der Waals surface area contributed by atoms with E-state index in [0.29, 0.717) is 14.6 Å². The monoisotopic (exact) mass is 649 g/mol. The molecule has 4 nitrogen and oxygen atoms in total. The molecule has 42 heavy (non-hydrogen) atoms. The van der Waals surface area contributed by atoms with E-state index < -0.39 is 11.6 Å². The van der Waals surface area contributed by atoms with Crippen LogP contribution in [0.15, 0.2) is 60.7 Å². The molecule has 9 heteroatoms. The molecule has 1 N–H and O–H groups in total. The molecule has 2 aromatic heterocycles. The van der Waals surface area contributed by atoms with Crippen LogP contribution in [0.3, 0.4) is 0 Å². The number of aryl methyl sites for hydroxylation is 1. The van der Waals surface area contributed by atoms with E-state index in [1.165, 1.54) is 41.1 Å². The van der Waals surface area contributed by atoms with Crippen molar-refractivity contribution in [1.29, 1.82) is 0 Å².